The van der Waals surface area contributed by atoms with Gasteiger partial charge in [0.1, 0.15) is 0 Å². The van der Waals surface area contributed by atoms with Gasteiger partial charge in [-0.3, -0.25) is 0 Å². The molecule has 1 aliphatic carbocycles. The maximum atomic E-state index is 3.65. The Morgan fingerprint density at radius 3 is 2.50 bits per heavy atom. The second-order valence-electron chi connectivity index (χ2n) is 6.14. The first kappa shape index (κ1) is 13.6. The Kier molecular flexibility index (Phi) is 5.25. The summed E-state index contributed by atoms with van der Waals surface area (Å²) < 4.78 is 0. The summed E-state index contributed by atoms with van der Waals surface area (Å²) in [5, 5.41) is 3.65. The zero-order valence-corrected chi connectivity index (χ0v) is 11.8. The van der Waals surface area contributed by atoms with Crippen LogP contribution in [0.15, 0.2) is 30.3 Å². The van der Waals surface area contributed by atoms with Crippen LogP contribution in [0.4, 0.5) is 0 Å². The fourth-order valence-electron chi connectivity index (χ4n) is 3.02. The first-order valence-corrected chi connectivity index (χ1v) is 7.53. The van der Waals surface area contributed by atoms with Crippen molar-refractivity contribution in [3.63, 3.8) is 0 Å². The molecule has 0 bridgehead atoms. The van der Waals surface area contributed by atoms with Gasteiger partial charge in [0.2, 0.25) is 0 Å². The number of rotatable bonds is 7. The normalized spacial score (nSPS) is 18.1. The van der Waals surface area contributed by atoms with E-state index in [0.717, 1.165) is 0 Å². The lowest BCUT2D eigenvalue weighted by molar-refractivity contribution is 0.314. The molecular formula is C17H27N. The van der Waals surface area contributed by atoms with Crippen LogP contribution < -0.4 is 5.32 Å². The summed E-state index contributed by atoms with van der Waals surface area (Å²) in [6.45, 7) is 4.84. The van der Waals surface area contributed by atoms with Gasteiger partial charge >= 0.3 is 0 Å². The molecule has 0 atom stereocenters. The van der Waals surface area contributed by atoms with Crippen molar-refractivity contribution in [1.29, 1.82) is 0 Å². The van der Waals surface area contributed by atoms with E-state index in [9.17, 15) is 0 Å². The minimum atomic E-state index is 0.597. The summed E-state index contributed by atoms with van der Waals surface area (Å²) in [5.41, 5.74) is 2.07. The highest BCUT2D eigenvalue weighted by Gasteiger charge is 2.27. The maximum absolute atomic E-state index is 3.65. The molecule has 18 heavy (non-hydrogen) atoms. The van der Waals surface area contributed by atoms with Crippen LogP contribution in [0.25, 0.3) is 0 Å². The minimum Gasteiger partial charge on any atom is -0.316 e. The monoisotopic (exact) mass is 245 g/mol. The molecule has 0 heterocycles. The topological polar surface area (TPSA) is 12.0 Å². The molecule has 0 aliphatic heterocycles. The molecule has 0 amide bonds. The molecule has 1 nitrogen and oxygen atoms in total. The molecule has 0 aromatic heterocycles. The first-order valence-electron chi connectivity index (χ1n) is 7.53. The molecule has 1 saturated carbocycles. The van der Waals surface area contributed by atoms with Crippen molar-refractivity contribution in [2.24, 2.45) is 5.41 Å². The summed E-state index contributed by atoms with van der Waals surface area (Å²) in [4.78, 5) is 0. The third-order valence-electron chi connectivity index (χ3n) is 4.27. The predicted molar refractivity (Wildman–Crippen MR) is 78.8 cm³/mol. The summed E-state index contributed by atoms with van der Waals surface area (Å²) in [6.07, 6.45) is 9.53. The van der Waals surface area contributed by atoms with Crippen LogP contribution in [0.5, 0.6) is 0 Å². The van der Waals surface area contributed by atoms with E-state index in [1.54, 1.807) is 0 Å². The van der Waals surface area contributed by atoms with Gasteiger partial charge in [0.25, 0.3) is 0 Å². The largest absolute Gasteiger partial charge is 0.316 e. The van der Waals surface area contributed by atoms with Gasteiger partial charge in [0, 0.05) is 6.54 Å². The fraction of sp³-hybridized carbons (Fsp3) is 0.647. The Balaban J connectivity index is 1.51. The van der Waals surface area contributed by atoms with E-state index < -0.39 is 0 Å². The van der Waals surface area contributed by atoms with Crippen molar-refractivity contribution < 1.29 is 0 Å². The SMILES string of the molecule is CC1(CNCCCCc2ccccc2)CCCC1. The zero-order chi connectivity index (χ0) is 12.7. The number of nitrogens with one attached hydrogen (secondary N) is 1. The van der Waals surface area contributed by atoms with Gasteiger partial charge < -0.3 is 5.32 Å². The number of aryl methyl sites for hydroxylation is 1. The second kappa shape index (κ2) is 6.94. The van der Waals surface area contributed by atoms with Crippen molar-refractivity contribution in [3.8, 4) is 0 Å². The summed E-state index contributed by atoms with van der Waals surface area (Å²) in [6, 6.07) is 10.8. The quantitative estimate of drug-likeness (QED) is 0.711. The highest BCUT2D eigenvalue weighted by atomic mass is 14.9. The van der Waals surface area contributed by atoms with E-state index in [-0.39, 0.29) is 0 Å². The predicted octanol–water partition coefficient (Wildman–Crippen LogP) is 4.18. The molecule has 0 radical (unpaired) electrons. The lowest BCUT2D eigenvalue weighted by Crippen LogP contribution is -2.30. The van der Waals surface area contributed by atoms with Crippen LogP contribution >= 0.6 is 0 Å². The molecule has 100 valence electrons. The van der Waals surface area contributed by atoms with Gasteiger partial charge in [-0.1, -0.05) is 50.1 Å². The lowest BCUT2D eigenvalue weighted by Gasteiger charge is -2.23. The average Bonchev–Trinajstić information content (AvgIpc) is 2.82. The van der Waals surface area contributed by atoms with Crippen molar-refractivity contribution in [2.45, 2.75) is 51.9 Å². The summed E-state index contributed by atoms with van der Waals surface area (Å²) in [5.74, 6) is 0. The Hall–Kier alpha value is -0.820. The van der Waals surface area contributed by atoms with Gasteiger partial charge in [-0.15, -0.1) is 0 Å². The van der Waals surface area contributed by atoms with Gasteiger partial charge in [0.15, 0.2) is 0 Å². The third-order valence-corrected chi connectivity index (χ3v) is 4.27. The van der Waals surface area contributed by atoms with Crippen molar-refractivity contribution >= 4 is 0 Å². The Morgan fingerprint density at radius 1 is 1.06 bits per heavy atom. The Labute approximate surface area is 112 Å². The number of hydrogen-bond acceptors (Lipinski definition) is 1. The van der Waals surface area contributed by atoms with Crippen LogP contribution in [-0.4, -0.2) is 13.1 Å². The van der Waals surface area contributed by atoms with Crippen LogP contribution in [0.2, 0.25) is 0 Å². The Morgan fingerprint density at radius 2 is 1.78 bits per heavy atom. The molecule has 2 rings (SSSR count). The average molecular weight is 245 g/mol. The second-order valence-corrected chi connectivity index (χ2v) is 6.14. The van der Waals surface area contributed by atoms with E-state index in [2.05, 4.69) is 42.6 Å². The smallest absolute Gasteiger partial charge is 0.000516 e. The lowest BCUT2D eigenvalue weighted by atomic mass is 9.89. The molecule has 1 aliphatic rings. The molecule has 0 spiro atoms. The van der Waals surface area contributed by atoms with Crippen molar-refractivity contribution in [1.82, 2.24) is 5.32 Å². The third kappa shape index (κ3) is 4.45. The molecular weight excluding hydrogens is 218 g/mol. The van der Waals surface area contributed by atoms with E-state index in [0.29, 0.717) is 5.41 Å². The summed E-state index contributed by atoms with van der Waals surface area (Å²) in [7, 11) is 0. The zero-order valence-electron chi connectivity index (χ0n) is 11.8. The van der Waals surface area contributed by atoms with Gasteiger partial charge in [-0.2, -0.15) is 0 Å². The molecule has 1 aromatic rings. The van der Waals surface area contributed by atoms with E-state index in [4.69, 9.17) is 0 Å². The molecule has 0 unspecified atom stereocenters. The van der Waals surface area contributed by atoms with E-state index in [1.807, 2.05) is 0 Å². The molecule has 0 saturated heterocycles. The van der Waals surface area contributed by atoms with Gasteiger partial charge in [0.05, 0.1) is 0 Å². The first-order chi connectivity index (χ1) is 8.79. The molecule has 1 fully saturated rings. The van der Waals surface area contributed by atoms with E-state index >= 15 is 0 Å². The van der Waals surface area contributed by atoms with Crippen LogP contribution in [0, 0.1) is 5.41 Å². The molecule has 1 heteroatoms. The standard InChI is InChI=1S/C17H27N/c1-17(12-6-7-13-17)15-18-14-8-5-11-16-9-3-2-4-10-16/h2-4,9-10,18H,5-8,11-15H2,1H3. The molecule has 1 N–H and O–H groups in total. The number of benzene rings is 1. The van der Waals surface area contributed by atoms with Crippen LogP contribution in [-0.2, 0) is 6.42 Å². The number of hydrogen-bond donors (Lipinski definition) is 1. The van der Waals surface area contributed by atoms with Crippen LogP contribution in [0.3, 0.4) is 0 Å². The highest BCUT2D eigenvalue weighted by Crippen LogP contribution is 2.36. The van der Waals surface area contributed by atoms with Gasteiger partial charge in [-0.05, 0) is 49.6 Å². The summed E-state index contributed by atoms with van der Waals surface area (Å²) >= 11 is 0. The maximum Gasteiger partial charge on any atom is 0.000516 e. The minimum absolute atomic E-state index is 0.597. The number of unbranched alkanes of at least 4 members (excludes halogenated alkanes) is 1. The Bertz CT molecular complexity index is 325. The fourth-order valence-corrected chi connectivity index (χ4v) is 3.02. The molecule has 1 aromatic carbocycles. The van der Waals surface area contributed by atoms with Crippen molar-refractivity contribution in [3.05, 3.63) is 35.9 Å². The highest BCUT2D eigenvalue weighted by molar-refractivity contribution is 5.14. The van der Waals surface area contributed by atoms with Gasteiger partial charge in [-0.25, -0.2) is 0 Å². The van der Waals surface area contributed by atoms with Crippen molar-refractivity contribution in [2.75, 3.05) is 13.1 Å². The van der Waals surface area contributed by atoms with Crippen LogP contribution in [0.1, 0.15) is 51.0 Å². The van der Waals surface area contributed by atoms with E-state index in [1.165, 1.54) is 63.6 Å².